The lowest BCUT2D eigenvalue weighted by atomic mass is 9.97. The van der Waals surface area contributed by atoms with Gasteiger partial charge in [0.05, 0.1) is 22.2 Å². The Morgan fingerprint density at radius 3 is 2.27 bits per heavy atom. The quantitative estimate of drug-likeness (QED) is 0.272. The molecule has 0 radical (unpaired) electrons. The molecule has 0 spiro atoms. The van der Waals surface area contributed by atoms with E-state index in [1.54, 1.807) is 0 Å². The molecule has 0 aliphatic rings. The minimum Gasteiger partial charge on any atom is -0.494 e. The monoisotopic (exact) mass is 492 g/mol. The molecule has 6 nitrogen and oxygen atoms in total. The molecule has 0 fully saturated rings. The van der Waals surface area contributed by atoms with Crippen molar-refractivity contribution in [1.82, 2.24) is 4.57 Å². The van der Waals surface area contributed by atoms with E-state index in [0.717, 1.165) is 43.1 Å². The predicted molar refractivity (Wildman–Crippen MR) is 131 cm³/mol. The highest BCUT2D eigenvalue weighted by Crippen LogP contribution is 2.36. The Kier molecular flexibility index (Phi) is 10.3. The van der Waals surface area contributed by atoms with Gasteiger partial charge in [0.25, 0.3) is 5.56 Å². The zero-order chi connectivity index (χ0) is 24.5. The molecular weight excluding hydrogens is 463 g/mol. The Hall–Kier alpha value is -2.49. The van der Waals surface area contributed by atoms with Gasteiger partial charge in [-0.05, 0) is 37.5 Å². The summed E-state index contributed by atoms with van der Waals surface area (Å²) in [6.07, 6.45) is 6.53. The number of hydrogen-bond donors (Lipinski definition) is 1. The maximum Gasteiger partial charge on any atom is 0.271 e. The molecule has 0 unspecified atom stereocenters. The van der Waals surface area contributed by atoms with Crippen LogP contribution in [-0.2, 0) is 6.54 Å². The number of aromatic hydroxyl groups is 1. The number of ether oxygens (including phenoxy) is 1. The van der Waals surface area contributed by atoms with Gasteiger partial charge >= 0.3 is 0 Å². The van der Waals surface area contributed by atoms with Crippen molar-refractivity contribution < 1.29 is 14.6 Å². The van der Waals surface area contributed by atoms with Gasteiger partial charge in [-0.25, -0.2) is 0 Å². The Morgan fingerprint density at radius 2 is 1.70 bits per heavy atom. The zero-order valence-electron chi connectivity index (χ0n) is 19.3. The second kappa shape index (κ2) is 12.7. The number of aromatic nitrogens is 1. The van der Waals surface area contributed by atoms with Crippen LogP contribution in [0.25, 0.3) is 0 Å². The maximum absolute atomic E-state index is 13.4. The van der Waals surface area contributed by atoms with Crippen molar-refractivity contribution in [2.24, 2.45) is 0 Å². The first-order valence-corrected chi connectivity index (χ1v) is 12.1. The molecule has 1 aromatic heterocycles. The third-order valence-electron chi connectivity index (χ3n) is 5.52. The average molecular weight is 493 g/mol. The van der Waals surface area contributed by atoms with Crippen LogP contribution in [0.5, 0.6) is 11.6 Å². The number of carbonyl (C=O) groups excluding carboxylic acids is 1. The van der Waals surface area contributed by atoms with Crippen molar-refractivity contribution in [3.8, 4) is 17.7 Å². The van der Waals surface area contributed by atoms with Crippen molar-refractivity contribution in [3.63, 3.8) is 0 Å². The molecule has 8 heteroatoms. The van der Waals surface area contributed by atoms with Gasteiger partial charge in [0.15, 0.2) is 11.5 Å². The lowest BCUT2D eigenvalue weighted by Crippen LogP contribution is -2.27. The molecule has 0 amide bonds. The number of pyridine rings is 1. The van der Waals surface area contributed by atoms with Crippen LogP contribution in [0.4, 0.5) is 0 Å². The second-order valence-corrected chi connectivity index (χ2v) is 8.80. The third-order valence-corrected chi connectivity index (χ3v) is 6.08. The Morgan fingerprint density at radius 1 is 1.09 bits per heavy atom. The summed E-state index contributed by atoms with van der Waals surface area (Å²) in [5, 5.41) is 20.7. The van der Waals surface area contributed by atoms with E-state index in [2.05, 4.69) is 6.92 Å². The lowest BCUT2D eigenvalue weighted by Gasteiger charge is -2.16. The predicted octanol–water partition coefficient (Wildman–Crippen LogP) is 6.42. The number of ketones is 1. The highest BCUT2D eigenvalue weighted by atomic mass is 35.5. The normalized spacial score (nSPS) is 10.8. The van der Waals surface area contributed by atoms with E-state index in [1.807, 2.05) is 13.0 Å². The van der Waals surface area contributed by atoms with Crippen LogP contribution in [-0.4, -0.2) is 22.1 Å². The minimum absolute atomic E-state index is 0.108. The molecule has 178 valence electrons. The fraction of sp³-hybridized carbons (Fsp3) is 0.480. The summed E-state index contributed by atoms with van der Waals surface area (Å²) in [5.41, 5.74) is -0.632. The van der Waals surface area contributed by atoms with Crippen LogP contribution in [0.1, 0.15) is 85.8 Å². The first-order valence-electron chi connectivity index (χ1n) is 11.3. The standard InChI is InChI=1S/C25H30Cl2N2O4/c1-4-6-8-10-12-33-23-19(26)13-17(14-20(23)27)22(30)21-16(3)18(15-28)24(31)29(25(21)32)11-9-7-5-2/h13-14,32H,4-12H2,1-3H3. The molecular formula is C25H30Cl2N2O4. The van der Waals surface area contributed by atoms with Crippen molar-refractivity contribution in [2.45, 2.75) is 72.3 Å². The SMILES string of the molecule is CCCCCCOc1c(Cl)cc(C(=O)c2c(C)c(C#N)c(=O)n(CCCCC)c2O)cc1Cl. The van der Waals surface area contributed by atoms with Crippen molar-refractivity contribution in [2.75, 3.05) is 6.61 Å². The van der Waals surface area contributed by atoms with Gasteiger partial charge in [-0.3, -0.25) is 14.2 Å². The van der Waals surface area contributed by atoms with E-state index in [-0.39, 0.29) is 38.8 Å². The molecule has 0 atom stereocenters. The molecule has 0 aliphatic carbocycles. The number of benzene rings is 1. The topological polar surface area (TPSA) is 92.3 Å². The molecule has 0 saturated heterocycles. The van der Waals surface area contributed by atoms with Crippen LogP contribution in [0, 0.1) is 18.3 Å². The maximum atomic E-state index is 13.4. The summed E-state index contributed by atoms with van der Waals surface area (Å²) in [5.74, 6) is -0.736. The molecule has 2 rings (SSSR count). The number of nitriles is 1. The average Bonchev–Trinajstić information content (AvgIpc) is 2.77. The number of carbonyl (C=O) groups is 1. The number of rotatable bonds is 12. The summed E-state index contributed by atoms with van der Waals surface area (Å²) in [4.78, 5) is 26.0. The van der Waals surface area contributed by atoms with Crippen molar-refractivity contribution in [1.29, 1.82) is 5.26 Å². The van der Waals surface area contributed by atoms with Gasteiger partial charge in [-0.2, -0.15) is 5.26 Å². The Bertz CT molecular complexity index is 1080. The third kappa shape index (κ3) is 6.31. The summed E-state index contributed by atoms with van der Waals surface area (Å²) < 4.78 is 6.80. The molecule has 0 saturated carbocycles. The molecule has 2 aromatic rings. The van der Waals surface area contributed by atoms with Gasteiger partial charge in [-0.1, -0.05) is 69.2 Å². The summed E-state index contributed by atoms with van der Waals surface area (Å²) in [6, 6.07) is 4.72. The number of nitrogens with zero attached hydrogens (tertiary/aromatic N) is 2. The van der Waals surface area contributed by atoms with Crippen LogP contribution in [0.2, 0.25) is 10.0 Å². The van der Waals surface area contributed by atoms with Crippen LogP contribution in [0.15, 0.2) is 16.9 Å². The van der Waals surface area contributed by atoms with Gasteiger partial charge in [0.1, 0.15) is 11.6 Å². The summed E-state index contributed by atoms with van der Waals surface area (Å²) in [6.45, 7) is 6.28. The van der Waals surface area contributed by atoms with Crippen LogP contribution in [0.3, 0.4) is 0 Å². The van der Waals surface area contributed by atoms with E-state index in [4.69, 9.17) is 27.9 Å². The van der Waals surface area contributed by atoms with E-state index in [0.29, 0.717) is 18.8 Å². The first kappa shape index (κ1) is 26.8. The Balaban J connectivity index is 2.43. The molecule has 0 aliphatic heterocycles. The second-order valence-electron chi connectivity index (χ2n) is 7.98. The highest BCUT2D eigenvalue weighted by Gasteiger charge is 2.26. The van der Waals surface area contributed by atoms with Gasteiger partial charge in [0, 0.05) is 12.1 Å². The highest BCUT2D eigenvalue weighted by molar-refractivity contribution is 6.38. The van der Waals surface area contributed by atoms with E-state index >= 15 is 0 Å². The fourth-order valence-corrected chi connectivity index (χ4v) is 4.22. The largest absolute Gasteiger partial charge is 0.494 e. The van der Waals surface area contributed by atoms with E-state index in [1.165, 1.54) is 19.1 Å². The van der Waals surface area contributed by atoms with E-state index < -0.39 is 17.2 Å². The number of hydrogen-bond acceptors (Lipinski definition) is 5. The number of halogens is 2. The molecule has 1 aromatic carbocycles. The Labute approximate surface area is 204 Å². The smallest absolute Gasteiger partial charge is 0.271 e. The lowest BCUT2D eigenvalue weighted by molar-refractivity contribution is 0.103. The minimum atomic E-state index is -0.608. The van der Waals surface area contributed by atoms with Crippen molar-refractivity contribution in [3.05, 3.63) is 54.8 Å². The van der Waals surface area contributed by atoms with Gasteiger partial charge in [0.2, 0.25) is 5.88 Å². The van der Waals surface area contributed by atoms with E-state index in [9.17, 15) is 20.0 Å². The van der Waals surface area contributed by atoms with Gasteiger partial charge in [-0.15, -0.1) is 0 Å². The summed E-state index contributed by atoms with van der Waals surface area (Å²) in [7, 11) is 0. The molecule has 1 N–H and O–H groups in total. The van der Waals surface area contributed by atoms with Crippen LogP contribution < -0.4 is 10.3 Å². The summed E-state index contributed by atoms with van der Waals surface area (Å²) >= 11 is 12.7. The molecule has 33 heavy (non-hydrogen) atoms. The van der Waals surface area contributed by atoms with Crippen molar-refractivity contribution >= 4 is 29.0 Å². The molecule has 0 bridgehead atoms. The first-order chi connectivity index (χ1) is 15.8. The zero-order valence-corrected chi connectivity index (χ0v) is 20.9. The van der Waals surface area contributed by atoms with Gasteiger partial charge < -0.3 is 9.84 Å². The fourth-order valence-electron chi connectivity index (χ4n) is 3.63. The van der Waals surface area contributed by atoms with Crippen LogP contribution >= 0.6 is 23.2 Å². The molecule has 1 heterocycles. The number of unbranched alkanes of at least 4 members (excludes halogenated alkanes) is 5.